The average molecular weight is 368 g/mol. The molecule has 7 heteroatoms. The second-order valence-corrected chi connectivity index (χ2v) is 7.12. The fraction of sp³-hybridized carbons (Fsp3) is 0.895. The van der Waals surface area contributed by atoms with Gasteiger partial charge in [-0.05, 0) is 26.2 Å². The van der Waals surface area contributed by atoms with E-state index in [2.05, 4.69) is 25.4 Å². The van der Waals surface area contributed by atoms with Gasteiger partial charge in [-0.15, -0.1) is 0 Å². The number of rotatable bonds is 9. The Hall–Kier alpha value is -1.34. The minimum atomic E-state index is 0.306. The van der Waals surface area contributed by atoms with Crippen molar-refractivity contribution in [3.63, 3.8) is 0 Å². The van der Waals surface area contributed by atoms with Crippen molar-refractivity contribution in [2.45, 2.75) is 39.0 Å². The van der Waals surface area contributed by atoms with Crippen LogP contribution < -0.4 is 10.6 Å². The minimum absolute atomic E-state index is 0.306. The number of guanidine groups is 1. The minimum Gasteiger partial charge on any atom is -0.382 e. The third-order valence-electron chi connectivity index (χ3n) is 5.29. The fourth-order valence-corrected chi connectivity index (χ4v) is 3.70. The molecule has 0 unspecified atom stereocenters. The van der Waals surface area contributed by atoms with E-state index in [9.17, 15) is 4.79 Å². The van der Waals surface area contributed by atoms with Crippen molar-refractivity contribution in [3.8, 4) is 0 Å². The van der Waals surface area contributed by atoms with E-state index in [0.29, 0.717) is 11.8 Å². The molecule has 2 aliphatic rings. The number of aliphatic imine (C=N–C) groups is 1. The highest BCUT2D eigenvalue weighted by molar-refractivity contribution is 5.79. The van der Waals surface area contributed by atoms with Gasteiger partial charge in [-0.25, -0.2) is 0 Å². The predicted molar refractivity (Wildman–Crippen MR) is 105 cm³/mol. The highest BCUT2D eigenvalue weighted by Gasteiger charge is 2.29. The molecule has 0 aromatic carbocycles. The van der Waals surface area contributed by atoms with E-state index in [4.69, 9.17) is 4.74 Å². The second kappa shape index (κ2) is 12.1. The molecular weight excluding hydrogens is 330 g/mol. The highest BCUT2D eigenvalue weighted by Crippen LogP contribution is 2.26. The zero-order valence-corrected chi connectivity index (χ0v) is 16.6. The molecule has 150 valence electrons. The zero-order chi connectivity index (χ0) is 18.6. The lowest BCUT2D eigenvalue weighted by atomic mass is 10.1. The molecular formula is C19H37N5O2. The average Bonchev–Trinajstić information content (AvgIpc) is 3.21. The van der Waals surface area contributed by atoms with Gasteiger partial charge in [-0.1, -0.05) is 12.8 Å². The summed E-state index contributed by atoms with van der Waals surface area (Å²) in [5, 5.41) is 6.67. The van der Waals surface area contributed by atoms with Crippen LogP contribution in [-0.4, -0.2) is 87.7 Å². The topological polar surface area (TPSA) is 69.2 Å². The molecule has 1 saturated carbocycles. The summed E-state index contributed by atoms with van der Waals surface area (Å²) < 4.78 is 5.33. The van der Waals surface area contributed by atoms with E-state index in [0.717, 1.165) is 84.2 Å². The van der Waals surface area contributed by atoms with Gasteiger partial charge in [-0.3, -0.25) is 14.7 Å². The van der Waals surface area contributed by atoms with E-state index < -0.39 is 0 Å². The number of carbonyl (C=O) groups excluding carboxylic acids is 1. The maximum atomic E-state index is 12.5. The van der Waals surface area contributed by atoms with Crippen LogP contribution in [0.25, 0.3) is 0 Å². The van der Waals surface area contributed by atoms with Gasteiger partial charge in [0.1, 0.15) is 0 Å². The molecule has 0 aromatic rings. The van der Waals surface area contributed by atoms with Gasteiger partial charge in [0.15, 0.2) is 5.96 Å². The van der Waals surface area contributed by atoms with E-state index in [1.807, 2.05) is 6.92 Å². The molecule has 2 N–H and O–H groups in total. The monoisotopic (exact) mass is 367 g/mol. The Labute approximate surface area is 158 Å². The van der Waals surface area contributed by atoms with Crippen molar-refractivity contribution in [3.05, 3.63) is 0 Å². The van der Waals surface area contributed by atoms with E-state index >= 15 is 0 Å². The van der Waals surface area contributed by atoms with Crippen LogP contribution in [0.2, 0.25) is 0 Å². The summed E-state index contributed by atoms with van der Waals surface area (Å²) in [4.78, 5) is 21.2. The summed E-state index contributed by atoms with van der Waals surface area (Å²) in [6, 6.07) is 0. The molecule has 1 saturated heterocycles. The Balaban J connectivity index is 1.55. The molecule has 1 aliphatic carbocycles. The highest BCUT2D eigenvalue weighted by atomic mass is 16.5. The molecule has 2 rings (SSSR count). The number of amides is 1. The fourth-order valence-electron chi connectivity index (χ4n) is 3.70. The lowest BCUT2D eigenvalue weighted by molar-refractivity contribution is -0.137. The third kappa shape index (κ3) is 7.11. The van der Waals surface area contributed by atoms with Crippen LogP contribution in [0.3, 0.4) is 0 Å². The lowest BCUT2D eigenvalue weighted by Gasteiger charge is -2.36. The molecule has 0 bridgehead atoms. The van der Waals surface area contributed by atoms with Gasteiger partial charge in [0.05, 0.1) is 0 Å². The van der Waals surface area contributed by atoms with Gasteiger partial charge >= 0.3 is 0 Å². The Bertz CT molecular complexity index is 430. The maximum absolute atomic E-state index is 12.5. The summed E-state index contributed by atoms with van der Waals surface area (Å²) in [6.07, 6.45) is 5.62. The Morgan fingerprint density at radius 3 is 2.46 bits per heavy atom. The van der Waals surface area contributed by atoms with Gasteiger partial charge in [0.2, 0.25) is 5.91 Å². The standard InChI is InChI=1S/C19H37N5O2/c1-3-26-16-6-9-21-19(20-2)22-10-11-23-12-14-24(15-13-23)18(25)17-7-4-5-8-17/h17H,3-16H2,1-2H3,(H2,20,21,22). The SMILES string of the molecule is CCOCCCNC(=NC)NCCN1CCN(C(=O)C2CCCC2)CC1. The molecule has 7 nitrogen and oxygen atoms in total. The molecule has 1 aliphatic heterocycles. The predicted octanol–water partition coefficient (Wildman–Crippen LogP) is 0.912. The number of hydrogen-bond donors (Lipinski definition) is 2. The normalized spacial score (nSPS) is 19.8. The largest absolute Gasteiger partial charge is 0.382 e. The molecule has 26 heavy (non-hydrogen) atoms. The summed E-state index contributed by atoms with van der Waals surface area (Å²) in [5.74, 6) is 1.55. The Morgan fingerprint density at radius 1 is 1.12 bits per heavy atom. The van der Waals surface area contributed by atoms with Crippen LogP contribution in [-0.2, 0) is 9.53 Å². The smallest absolute Gasteiger partial charge is 0.225 e. The van der Waals surface area contributed by atoms with Crippen molar-refractivity contribution >= 4 is 11.9 Å². The number of carbonyl (C=O) groups is 1. The second-order valence-electron chi connectivity index (χ2n) is 7.12. The molecule has 1 amide bonds. The maximum Gasteiger partial charge on any atom is 0.225 e. The van der Waals surface area contributed by atoms with Crippen LogP contribution in [0.1, 0.15) is 39.0 Å². The lowest BCUT2D eigenvalue weighted by Crippen LogP contribution is -2.51. The molecule has 0 radical (unpaired) electrons. The molecule has 0 spiro atoms. The number of hydrogen-bond acceptors (Lipinski definition) is 4. The molecule has 0 aromatic heterocycles. The van der Waals surface area contributed by atoms with Crippen LogP contribution in [0.15, 0.2) is 4.99 Å². The van der Waals surface area contributed by atoms with Crippen LogP contribution in [0, 0.1) is 5.92 Å². The van der Waals surface area contributed by atoms with Gasteiger partial charge in [0, 0.05) is 72.0 Å². The Morgan fingerprint density at radius 2 is 1.81 bits per heavy atom. The molecule has 1 heterocycles. The van der Waals surface area contributed by atoms with Crippen LogP contribution in [0.4, 0.5) is 0 Å². The van der Waals surface area contributed by atoms with Crippen LogP contribution >= 0.6 is 0 Å². The van der Waals surface area contributed by atoms with Crippen molar-refractivity contribution in [2.75, 3.05) is 66.1 Å². The first kappa shape index (κ1) is 21.0. The molecule has 0 atom stereocenters. The number of nitrogens with one attached hydrogen (secondary N) is 2. The summed E-state index contributed by atoms with van der Waals surface area (Å²) in [6.45, 7) is 9.96. The third-order valence-corrected chi connectivity index (χ3v) is 5.29. The van der Waals surface area contributed by atoms with Gasteiger partial charge < -0.3 is 20.3 Å². The zero-order valence-electron chi connectivity index (χ0n) is 16.6. The van der Waals surface area contributed by atoms with E-state index in [1.165, 1.54) is 12.8 Å². The van der Waals surface area contributed by atoms with Gasteiger partial charge in [-0.2, -0.15) is 0 Å². The number of piperazine rings is 1. The summed E-state index contributed by atoms with van der Waals surface area (Å²) in [5.41, 5.74) is 0. The van der Waals surface area contributed by atoms with Gasteiger partial charge in [0.25, 0.3) is 0 Å². The van der Waals surface area contributed by atoms with Crippen LogP contribution in [0.5, 0.6) is 0 Å². The van der Waals surface area contributed by atoms with Crippen molar-refractivity contribution in [1.29, 1.82) is 0 Å². The summed E-state index contributed by atoms with van der Waals surface area (Å²) >= 11 is 0. The Kier molecular flexibility index (Phi) is 9.77. The first-order valence-electron chi connectivity index (χ1n) is 10.3. The van der Waals surface area contributed by atoms with E-state index in [1.54, 1.807) is 7.05 Å². The first-order valence-corrected chi connectivity index (χ1v) is 10.3. The molecule has 2 fully saturated rings. The van der Waals surface area contributed by atoms with Crippen molar-refractivity contribution < 1.29 is 9.53 Å². The number of ether oxygens (including phenoxy) is 1. The van der Waals surface area contributed by atoms with Crippen molar-refractivity contribution in [1.82, 2.24) is 20.4 Å². The van der Waals surface area contributed by atoms with Crippen molar-refractivity contribution in [2.24, 2.45) is 10.9 Å². The summed E-state index contributed by atoms with van der Waals surface area (Å²) in [7, 11) is 1.80. The first-order chi connectivity index (χ1) is 12.7. The number of nitrogens with zero attached hydrogens (tertiary/aromatic N) is 3. The van der Waals surface area contributed by atoms with E-state index in [-0.39, 0.29) is 0 Å². The quantitative estimate of drug-likeness (QED) is 0.360.